The molecule has 1 aromatic heterocycles. The highest BCUT2D eigenvalue weighted by atomic mass is 16.2. The van der Waals surface area contributed by atoms with Gasteiger partial charge in [-0.3, -0.25) is 9.59 Å². The number of H-pyrrole nitrogens is 1. The van der Waals surface area contributed by atoms with Gasteiger partial charge in [-0.05, 0) is 18.4 Å². The zero-order chi connectivity index (χ0) is 13.5. The molecule has 1 amide bonds. The normalized spacial score (nSPS) is 10.1. The van der Waals surface area contributed by atoms with E-state index in [0.717, 1.165) is 12.8 Å². The summed E-state index contributed by atoms with van der Waals surface area (Å²) in [5, 5.41) is 2.75. The molecule has 0 aliphatic carbocycles. The van der Waals surface area contributed by atoms with Crippen molar-refractivity contribution in [3.63, 3.8) is 0 Å². The van der Waals surface area contributed by atoms with E-state index < -0.39 is 0 Å². The van der Waals surface area contributed by atoms with Crippen molar-refractivity contribution in [1.29, 1.82) is 0 Å². The quantitative estimate of drug-likeness (QED) is 0.800. The molecule has 0 saturated carbocycles. The largest absolute Gasteiger partial charge is 0.367 e. The average molecular weight is 256 g/mol. The standard InChI is InChI=1S/C15H16N2O2/c18-14-8-10-16-11-13(14)15(19)17-9-4-7-12-5-2-1-3-6-12/h1-3,5-6,8,10-11H,4,7,9H2,(H,16,18)(H,17,19). The minimum atomic E-state index is -0.324. The first-order chi connectivity index (χ1) is 9.27. The smallest absolute Gasteiger partial charge is 0.256 e. The van der Waals surface area contributed by atoms with Gasteiger partial charge < -0.3 is 10.3 Å². The van der Waals surface area contributed by atoms with Crippen LogP contribution in [0.5, 0.6) is 0 Å². The lowest BCUT2D eigenvalue weighted by atomic mass is 10.1. The highest BCUT2D eigenvalue weighted by molar-refractivity contribution is 5.93. The van der Waals surface area contributed by atoms with Crippen LogP contribution in [0.15, 0.2) is 53.6 Å². The Bertz CT molecular complexity index is 590. The summed E-state index contributed by atoms with van der Waals surface area (Å²) < 4.78 is 0. The van der Waals surface area contributed by atoms with Crippen LogP contribution in [0.4, 0.5) is 0 Å². The maximum Gasteiger partial charge on any atom is 0.256 e. The molecule has 2 aromatic rings. The van der Waals surface area contributed by atoms with E-state index in [9.17, 15) is 9.59 Å². The molecule has 0 aliphatic heterocycles. The topological polar surface area (TPSA) is 62.0 Å². The Balaban J connectivity index is 1.79. The van der Waals surface area contributed by atoms with Gasteiger partial charge in [-0.25, -0.2) is 0 Å². The molecule has 0 unspecified atom stereocenters. The maximum atomic E-state index is 11.7. The van der Waals surface area contributed by atoms with Crippen molar-refractivity contribution in [2.75, 3.05) is 6.54 Å². The van der Waals surface area contributed by atoms with E-state index in [1.54, 1.807) is 0 Å². The number of aromatic nitrogens is 1. The van der Waals surface area contributed by atoms with Crippen LogP contribution in [0, 0.1) is 0 Å². The van der Waals surface area contributed by atoms with Crippen molar-refractivity contribution in [1.82, 2.24) is 10.3 Å². The number of benzene rings is 1. The molecule has 2 rings (SSSR count). The third-order valence-corrected chi connectivity index (χ3v) is 2.84. The van der Waals surface area contributed by atoms with Crippen LogP contribution in [0.2, 0.25) is 0 Å². The molecule has 0 fully saturated rings. The predicted octanol–water partition coefficient (Wildman–Crippen LogP) is 1.74. The van der Waals surface area contributed by atoms with Gasteiger partial charge in [0, 0.05) is 25.0 Å². The highest BCUT2D eigenvalue weighted by Gasteiger charge is 2.07. The summed E-state index contributed by atoms with van der Waals surface area (Å²) in [6.07, 6.45) is 4.69. The summed E-state index contributed by atoms with van der Waals surface area (Å²) in [6, 6.07) is 11.4. The van der Waals surface area contributed by atoms with Gasteiger partial charge in [0.15, 0.2) is 5.43 Å². The van der Waals surface area contributed by atoms with Crippen molar-refractivity contribution in [2.45, 2.75) is 12.8 Å². The van der Waals surface area contributed by atoms with Crippen LogP contribution >= 0.6 is 0 Å². The minimum Gasteiger partial charge on any atom is -0.367 e. The lowest BCUT2D eigenvalue weighted by molar-refractivity contribution is 0.0952. The first-order valence-corrected chi connectivity index (χ1v) is 6.26. The summed E-state index contributed by atoms with van der Waals surface area (Å²) in [5.41, 5.74) is 1.14. The summed E-state index contributed by atoms with van der Waals surface area (Å²) in [5.74, 6) is -0.324. The number of carbonyl (C=O) groups excluding carboxylic acids is 1. The van der Waals surface area contributed by atoms with Crippen molar-refractivity contribution in [3.8, 4) is 0 Å². The number of pyridine rings is 1. The average Bonchev–Trinajstić information content (AvgIpc) is 2.45. The zero-order valence-corrected chi connectivity index (χ0v) is 10.6. The second-order valence-electron chi connectivity index (χ2n) is 4.27. The fraction of sp³-hybridized carbons (Fsp3) is 0.200. The molecular weight excluding hydrogens is 240 g/mol. The SMILES string of the molecule is O=C(NCCCc1ccccc1)c1c[nH]ccc1=O. The van der Waals surface area contributed by atoms with Crippen LogP contribution < -0.4 is 10.7 Å². The highest BCUT2D eigenvalue weighted by Crippen LogP contribution is 2.01. The van der Waals surface area contributed by atoms with Gasteiger partial charge in [-0.2, -0.15) is 0 Å². The van der Waals surface area contributed by atoms with E-state index >= 15 is 0 Å². The summed E-state index contributed by atoms with van der Waals surface area (Å²) in [6.45, 7) is 0.558. The van der Waals surface area contributed by atoms with E-state index in [0.29, 0.717) is 6.54 Å². The lowest BCUT2D eigenvalue weighted by Gasteiger charge is -2.04. The molecule has 4 heteroatoms. The number of aromatic amines is 1. The molecule has 0 spiro atoms. The number of rotatable bonds is 5. The summed E-state index contributed by atoms with van der Waals surface area (Å²) in [4.78, 5) is 25.9. The van der Waals surface area contributed by atoms with Gasteiger partial charge in [0.25, 0.3) is 5.91 Å². The van der Waals surface area contributed by atoms with Gasteiger partial charge >= 0.3 is 0 Å². The number of aryl methyl sites for hydroxylation is 1. The van der Waals surface area contributed by atoms with E-state index in [2.05, 4.69) is 22.4 Å². The number of hydrogen-bond acceptors (Lipinski definition) is 2. The number of amides is 1. The molecule has 0 radical (unpaired) electrons. The number of carbonyl (C=O) groups is 1. The van der Waals surface area contributed by atoms with Gasteiger partial charge in [0.2, 0.25) is 0 Å². The summed E-state index contributed by atoms with van der Waals surface area (Å²) in [7, 11) is 0. The Hall–Kier alpha value is -2.36. The number of nitrogens with one attached hydrogen (secondary N) is 2. The molecule has 0 aliphatic rings. The third kappa shape index (κ3) is 3.81. The molecule has 2 N–H and O–H groups in total. The first-order valence-electron chi connectivity index (χ1n) is 6.26. The van der Waals surface area contributed by atoms with Gasteiger partial charge in [0.05, 0.1) is 0 Å². The van der Waals surface area contributed by atoms with Crippen LogP contribution in [0.25, 0.3) is 0 Å². The molecule has 98 valence electrons. The van der Waals surface area contributed by atoms with E-state index in [1.165, 1.54) is 24.0 Å². The Morgan fingerprint density at radius 1 is 1.16 bits per heavy atom. The van der Waals surface area contributed by atoms with Crippen LogP contribution in [0.3, 0.4) is 0 Å². The number of hydrogen-bond donors (Lipinski definition) is 2. The van der Waals surface area contributed by atoms with Crippen molar-refractivity contribution < 1.29 is 4.79 Å². The Kier molecular flexibility index (Phi) is 4.50. The van der Waals surface area contributed by atoms with Crippen LogP contribution in [-0.2, 0) is 6.42 Å². The van der Waals surface area contributed by atoms with Crippen molar-refractivity contribution >= 4 is 5.91 Å². The predicted molar refractivity (Wildman–Crippen MR) is 74.2 cm³/mol. The van der Waals surface area contributed by atoms with E-state index in [4.69, 9.17) is 0 Å². The monoisotopic (exact) mass is 256 g/mol. The van der Waals surface area contributed by atoms with Gasteiger partial charge in [0.1, 0.15) is 5.56 Å². The molecular formula is C15H16N2O2. The van der Waals surface area contributed by atoms with Gasteiger partial charge in [-0.15, -0.1) is 0 Å². The lowest BCUT2D eigenvalue weighted by Crippen LogP contribution is -2.29. The molecule has 1 heterocycles. The summed E-state index contributed by atoms with van der Waals surface area (Å²) >= 11 is 0. The Labute approximate surface area is 111 Å². The molecule has 19 heavy (non-hydrogen) atoms. The van der Waals surface area contributed by atoms with Gasteiger partial charge in [-0.1, -0.05) is 30.3 Å². The Morgan fingerprint density at radius 3 is 2.68 bits per heavy atom. The maximum absolute atomic E-state index is 11.7. The van der Waals surface area contributed by atoms with E-state index in [-0.39, 0.29) is 16.9 Å². The molecule has 0 bridgehead atoms. The van der Waals surface area contributed by atoms with Crippen LogP contribution in [-0.4, -0.2) is 17.4 Å². The molecule has 1 aromatic carbocycles. The second kappa shape index (κ2) is 6.54. The van der Waals surface area contributed by atoms with Crippen molar-refractivity contribution in [2.24, 2.45) is 0 Å². The van der Waals surface area contributed by atoms with E-state index in [1.807, 2.05) is 18.2 Å². The fourth-order valence-electron chi connectivity index (χ4n) is 1.83. The molecule has 0 saturated heterocycles. The zero-order valence-electron chi connectivity index (χ0n) is 10.6. The third-order valence-electron chi connectivity index (χ3n) is 2.84. The minimum absolute atomic E-state index is 0.155. The van der Waals surface area contributed by atoms with Crippen molar-refractivity contribution in [3.05, 3.63) is 70.1 Å². The molecule has 4 nitrogen and oxygen atoms in total. The Morgan fingerprint density at radius 2 is 1.95 bits per heavy atom. The molecule has 0 atom stereocenters. The van der Waals surface area contributed by atoms with Crippen LogP contribution in [0.1, 0.15) is 22.3 Å². The first kappa shape index (κ1) is 13.1. The fourth-order valence-corrected chi connectivity index (χ4v) is 1.83. The second-order valence-corrected chi connectivity index (χ2v) is 4.27.